The van der Waals surface area contributed by atoms with Gasteiger partial charge in [-0.2, -0.15) is 13.2 Å². The largest absolute Gasteiger partial charge is 0.411 e. The van der Waals surface area contributed by atoms with Crippen LogP contribution in [0.4, 0.5) is 18.9 Å². The Hall–Kier alpha value is -1.63. The third kappa shape index (κ3) is 4.39. The van der Waals surface area contributed by atoms with Crippen LogP contribution in [-0.2, 0) is 11.3 Å². The number of alkyl halides is 3. The van der Waals surface area contributed by atoms with Crippen LogP contribution in [0.25, 0.3) is 0 Å². The maximum absolute atomic E-state index is 11.8. The molecular weight excluding hydrogens is 239 g/mol. The van der Waals surface area contributed by atoms with Crippen molar-refractivity contribution in [2.45, 2.75) is 19.7 Å². The SMILES string of the molecule is Cc1ccc([N+](=O)[O-])c(COCC(F)(F)F)c1. The maximum atomic E-state index is 11.8. The van der Waals surface area contributed by atoms with Crippen molar-refractivity contribution in [1.29, 1.82) is 0 Å². The molecule has 1 aromatic rings. The van der Waals surface area contributed by atoms with Crippen LogP contribution in [0.1, 0.15) is 11.1 Å². The van der Waals surface area contributed by atoms with Gasteiger partial charge < -0.3 is 4.74 Å². The van der Waals surface area contributed by atoms with Gasteiger partial charge in [0.2, 0.25) is 0 Å². The standard InChI is InChI=1S/C10H10F3NO3/c1-7-2-3-9(14(15)16)8(4-7)5-17-6-10(11,12)13/h2-4H,5-6H2,1H3. The van der Waals surface area contributed by atoms with Crippen molar-refractivity contribution in [3.8, 4) is 0 Å². The van der Waals surface area contributed by atoms with E-state index in [9.17, 15) is 23.3 Å². The van der Waals surface area contributed by atoms with Crippen molar-refractivity contribution in [3.63, 3.8) is 0 Å². The van der Waals surface area contributed by atoms with E-state index < -0.39 is 24.3 Å². The molecule has 0 unspecified atom stereocenters. The Balaban J connectivity index is 2.75. The molecular formula is C10H10F3NO3. The Morgan fingerprint density at radius 2 is 2.06 bits per heavy atom. The minimum atomic E-state index is -4.43. The number of hydrogen-bond donors (Lipinski definition) is 0. The minimum absolute atomic E-state index is 0.138. The van der Waals surface area contributed by atoms with Gasteiger partial charge in [-0.25, -0.2) is 0 Å². The van der Waals surface area contributed by atoms with Gasteiger partial charge in [0, 0.05) is 6.07 Å². The van der Waals surface area contributed by atoms with Gasteiger partial charge in [-0.3, -0.25) is 10.1 Å². The molecule has 0 atom stereocenters. The minimum Gasteiger partial charge on any atom is -0.367 e. The molecule has 0 radical (unpaired) electrons. The lowest BCUT2D eigenvalue weighted by Gasteiger charge is -2.08. The van der Waals surface area contributed by atoms with Crippen molar-refractivity contribution in [1.82, 2.24) is 0 Å². The molecule has 1 aromatic carbocycles. The van der Waals surface area contributed by atoms with Gasteiger partial charge in [0.05, 0.1) is 17.1 Å². The highest BCUT2D eigenvalue weighted by molar-refractivity contribution is 5.42. The van der Waals surface area contributed by atoms with Gasteiger partial charge in [0.15, 0.2) is 0 Å². The summed E-state index contributed by atoms with van der Waals surface area (Å²) < 4.78 is 39.9. The third-order valence-corrected chi connectivity index (χ3v) is 1.95. The van der Waals surface area contributed by atoms with Crippen molar-refractivity contribution in [3.05, 3.63) is 39.4 Å². The smallest absolute Gasteiger partial charge is 0.367 e. The fraction of sp³-hybridized carbons (Fsp3) is 0.400. The summed E-state index contributed by atoms with van der Waals surface area (Å²) >= 11 is 0. The molecule has 0 aromatic heterocycles. The van der Waals surface area contributed by atoms with Crippen molar-refractivity contribution >= 4 is 5.69 Å². The predicted molar refractivity (Wildman–Crippen MR) is 53.5 cm³/mol. The zero-order valence-corrected chi connectivity index (χ0v) is 8.95. The highest BCUT2D eigenvalue weighted by atomic mass is 19.4. The first kappa shape index (κ1) is 13.4. The molecule has 0 aliphatic carbocycles. The number of halogens is 3. The van der Waals surface area contributed by atoms with E-state index in [-0.39, 0.29) is 11.3 Å². The van der Waals surface area contributed by atoms with Crippen LogP contribution in [0.15, 0.2) is 18.2 Å². The number of benzene rings is 1. The average molecular weight is 249 g/mol. The molecule has 0 bridgehead atoms. The number of aryl methyl sites for hydroxylation is 1. The van der Waals surface area contributed by atoms with Crippen LogP contribution < -0.4 is 0 Å². The Bertz CT molecular complexity index is 418. The van der Waals surface area contributed by atoms with Gasteiger partial charge in [-0.05, 0) is 13.0 Å². The van der Waals surface area contributed by atoms with Gasteiger partial charge in [0.25, 0.3) is 5.69 Å². The number of rotatable bonds is 4. The highest BCUT2D eigenvalue weighted by Gasteiger charge is 2.27. The molecule has 0 aliphatic rings. The molecule has 94 valence electrons. The second kappa shape index (κ2) is 5.13. The van der Waals surface area contributed by atoms with E-state index in [4.69, 9.17) is 0 Å². The normalized spacial score (nSPS) is 11.5. The molecule has 0 heterocycles. The van der Waals surface area contributed by atoms with E-state index >= 15 is 0 Å². The molecule has 0 aliphatic heterocycles. The summed E-state index contributed by atoms with van der Waals surface area (Å²) in [6.07, 6.45) is -4.43. The van der Waals surface area contributed by atoms with Crippen LogP contribution in [0, 0.1) is 17.0 Å². The predicted octanol–water partition coefficient (Wildman–Crippen LogP) is 2.98. The summed E-state index contributed by atoms with van der Waals surface area (Å²) in [5.41, 5.74) is 0.623. The molecule has 0 amide bonds. The van der Waals surface area contributed by atoms with Crippen LogP contribution in [0.5, 0.6) is 0 Å². The van der Waals surface area contributed by atoms with E-state index in [2.05, 4.69) is 4.74 Å². The maximum Gasteiger partial charge on any atom is 0.411 e. The highest BCUT2D eigenvalue weighted by Crippen LogP contribution is 2.22. The van der Waals surface area contributed by atoms with Crippen LogP contribution in [-0.4, -0.2) is 17.7 Å². The average Bonchev–Trinajstić information content (AvgIpc) is 2.15. The number of hydrogen-bond acceptors (Lipinski definition) is 3. The topological polar surface area (TPSA) is 52.4 Å². The molecule has 4 nitrogen and oxygen atoms in total. The number of nitrogens with zero attached hydrogens (tertiary/aromatic N) is 1. The second-order valence-corrected chi connectivity index (χ2v) is 3.50. The summed E-state index contributed by atoms with van der Waals surface area (Å²) in [5.74, 6) is 0. The quantitative estimate of drug-likeness (QED) is 0.608. The fourth-order valence-electron chi connectivity index (χ4n) is 1.28. The van der Waals surface area contributed by atoms with Gasteiger partial charge in [-0.15, -0.1) is 0 Å². The molecule has 0 saturated heterocycles. The molecule has 1 rings (SSSR count). The van der Waals surface area contributed by atoms with Crippen molar-refractivity contribution < 1.29 is 22.8 Å². The molecule has 17 heavy (non-hydrogen) atoms. The van der Waals surface area contributed by atoms with E-state index in [1.807, 2.05) is 0 Å². The summed E-state index contributed by atoms with van der Waals surface area (Å²) in [6.45, 7) is -0.160. The van der Waals surface area contributed by atoms with E-state index in [1.165, 1.54) is 18.2 Å². The number of nitro benzene ring substituents is 1. The van der Waals surface area contributed by atoms with Crippen LogP contribution in [0.3, 0.4) is 0 Å². The Labute approximate surface area is 95.2 Å². The lowest BCUT2D eigenvalue weighted by atomic mass is 10.1. The Kier molecular flexibility index (Phi) is 4.06. The van der Waals surface area contributed by atoms with Crippen LogP contribution >= 0.6 is 0 Å². The van der Waals surface area contributed by atoms with Crippen molar-refractivity contribution in [2.75, 3.05) is 6.61 Å². The van der Waals surface area contributed by atoms with E-state index in [1.54, 1.807) is 6.92 Å². The first-order valence-corrected chi connectivity index (χ1v) is 4.68. The molecule has 0 fully saturated rings. The second-order valence-electron chi connectivity index (χ2n) is 3.50. The fourth-order valence-corrected chi connectivity index (χ4v) is 1.28. The summed E-state index contributed by atoms with van der Waals surface area (Å²) in [4.78, 5) is 9.97. The molecule has 7 heteroatoms. The van der Waals surface area contributed by atoms with Crippen molar-refractivity contribution in [2.24, 2.45) is 0 Å². The monoisotopic (exact) mass is 249 g/mol. The molecule has 0 N–H and O–H groups in total. The Morgan fingerprint density at radius 1 is 1.41 bits per heavy atom. The van der Waals surface area contributed by atoms with E-state index in [0.717, 1.165) is 5.56 Å². The number of nitro groups is 1. The van der Waals surface area contributed by atoms with Gasteiger partial charge in [-0.1, -0.05) is 11.6 Å². The lowest BCUT2D eigenvalue weighted by molar-refractivity contribution is -0.386. The van der Waals surface area contributed by atoms with Gasteiger partial charge >= 0.3 is 6.18 Å². The lowest BCUT2D eigenvalue weighted by Crippen LogP contribution is -2.17. The zero-order chi connectivity index (χ0) is 13.1. The summed E-state index contributed by atoms with van der Waals surface area (Å²) in [5, 5.41) is 10.6. The van der Waals surface area contributed by atoms with E-state index in [0.29, 0.717) is 0 Å². The zero-order valence-electron chi connectivity index (χ0n) is 8.95. The first-order chi connectivity index (χ1) is 7.79. The number of ether oxygens (including phenoxy) is 1. The Morgan fingerprint density at radius 3 is 2.59 bits per heavy atom. The molecule has 0 spiro atoms. The summed E-state index contributed by atoms with van der Waals surface area (Å²) in [6, 6.07) is 4.21. The van der Waals surface area contributed by atoms with Crippen LogP contribution in [0.2, 0.25) is 0 Å². The summed E-state index contributed by atoms with van der Waals surface area (Å²) in [7, 11) is 0. The van der Waals surface area contributed by atoms with Gasteiger partial charge in [0.1, 0.15) is 6.61 Å². The molecule has 0 saturated carbocycles. The third-order valence-electron chi connectivity index (χ3n) is 1.95. The first-order valence-electron chi connectivity index (χ1n) is 4.68.